The normalized spacial score (nSPS) is 18.4. The molecule has 1 aromatic rings. The zero-order valence-corrected chi connectivity index (χ0v) is 12.3. The fraction of sp³-hybridized carbons (Fsp3) is 0.429. The van der Waals surface area contributed by atoms with E-state index < -0.39 is 0 Å². The lowest BCUT2D eigenvalue weighted by molar-refractivity contribution is -0.118. The zero-order chi connectivity index (χ0) is 14.4. The molecule has 0 bridgehead atoms. The van der Waals surface area contributed by atoms with E-state index in [4.69, 9.17) is 0 Å². The highest BCUT2D eigenvalue weighted by atomic mass is 32.2. The molecule has 0 saturated carbocycles. The first-order valence-electron chi connectivity index (χ1n) is 6.71. The third-order valence-corrected chi connectivity index (χ3v) is 4.06. The number of amides is 2. The minimum atomic E-state index is -0.131. The lowest BCUT2D eigenvalue weighted by Gasteiger charge is -2.22. The predicted octanol–water partition coefficient (Wildman–Crippen LogP) is 1.68. The maximum Gasteiger partial charge on any atom is 0.242 e. The van der Waals surface area contributed by atoms with Crippen LogP contribution >= 0.6 is 11.8 Å². The van der Waals surface area contributed by atoms with Crippen molar-refractivity contribution in [1.82, 2.24) is 5.32 Å². The number of carbonyl (C=O) groups excluding carboxylic acids is 2. The minimum absolute atomic E-state index is 0.0115. The average Bonchev–Trinajstić information content (AvgIpc) is 2.50. The number of nitrogens with one attached hydrogen (secondary N) is 3. The minimum Gasteiger partial charge on any atom is -0.326 e. The Morgan fingerprint density at radius 1 is 1.25 bits per heavy atom. The molecule has 0 spiro atoms. The van der Waals surface area contributed by atoms with Crippen molar-refractivity contribution < 1.29 is 9.59 Å². The topological polar surface area (TPSA) is 70.2 Å². The van der Waals surface area contributed by atoms with Crippen molar-refractivity contribution in [2.45, 2.75) is 19.4 Å². The second kappa shape index (κ2) is 7.31. The van der Waals surface area contributed by atoms with E-state index in [1.54, 1.807) is 43.0 Å². The van der Waals surface area contributed by atoms with Gasteiger partial charge in [0, 0.05) is 35.8 Å². The van der Waals surface area contributed by atoms with Gasteiger partial charge in [0.05, 0.1) is 6.04 Å². The SMILES string of the molecule is CCC(=O)Nc1ccc(NC(=O)C2CSCCN2)cc1. The summed E-state index contributed by atoms with van der Waals surface area (Å²) < 4.78 is 0. The second-order valence-electron chi connectivity index (χ2n) is 4.55. The molecule has 2 rings (SSSR count). The largest absolute Gasteiger partial charge is 0.326 e. The zero-order valence-electron chi connectivity index (χ0n) is 11.4. The summed E-state index contributed by atoms with van der Waals surface area (Å²) in [4.78, 5) is 23.3. The molecular weight excluding hydrogens is 274 g/mol. The second-order valence-corrected chi connectivity index (χ2v) is 5.70. The van der Waals surface area contributed by atoms with E-state index in [1.807, 2.05) is 0 Å². The molecule has 1 heterocycles. The lowest BCUT2D eigenvalue weighted by atomic mass is 10.2. The summed E-state index contributed by atoms with van der Waals surface area (Å²) in [5, 5.41) is 8.84. The van der Waals surface area contributed by atoms with E-state index >= 15 is 0 Å². The van der Waals surface area contributed by atoms with Crippen LogP contribution in [0.2, 0.25) is 0 Å². The molecule has 20 heavy (non-hydrogen) atoms. The molecule has 0 radical (unpaired) electrons. The van der Waals surface area contributed by atoms with Gasteiger partial charge in [-0.25, -0.2) is 0 Å². The van der Waals surface area contributed by atoms with E-state index in [0.717, 1.165) is 29.4 Å². The van der Waals surface area contributed by atoms with Gasteiger partial charge in [0.1, 0.15) is 0 Å². The Hall–Kier alpha value is -1.53. The van der Waals surface area contributed by atoms with Crippen molar-refractivity contribution >= 4 is 35.0 Å². The van der Waals surface area contributed by atoms with Crippen molar-refractivity contribution in [3.8, 4) is 0 Å². The van der Waals surface area contributed by atoms with Gasteiger partial charge in [-0.3, -0.25) is 9.59 Å². The monoisotopic (exact) mass is 293 g/mol. The van der Waals surface area contributed by atoms with Gasteiger partial charge in [-0.05, 0) is 24.3 Å². The highest BCUT2D eigenvalue weighted by Crippen LogP contribution is 2.15. The number of hydrogen-bond donors (Lipinski definition) is 3. The van der Waals surface area contributed by atoms with E-state index in [-0.39, 0.29) is 17.9 Å². The molecule has 1 aliphatic heterocycles. The van der Waals surface area contributed by atoms with Crippen LogP contribution in [-0.4, -0.2) is 35.9 Å². The molecule has 0 aromatic heterocycles. The first-order chi connectivity index (χ1) is 9.69. The molecule has 1 saturated heterocycles. The summed E-state index contributed by atoms with van der Waals surface area (Å²) in [6.07, 6.45) is 0.448. The Morgan fingerprint density at radius 3 is 2.45 bits per heavy atom. The molecule has 1 aliphatic rings. The number of rotatable bonds is 4. The van der Waals surface area contributed by atoms with Gasteiger partial charge in [-0.2, -0.15) is 11.8 Å². The molecule has 0 aliphatic carbocycles. The van der Waals surface area contributed by atoms with E-state index in [9.17, 15) is 9.59 Å². The van der Waals surface area contributed by atoms with Gasteiger partial charge in [0.2, 0.25) is 11.8 Å². The first-order valence-corrected chi connectivity index (χ1v) is 7.86. The van der Waals surface area contributed by atoms with Crippen LogP contribution in [0.15, 0.2) is 24.3 Å². The van der Waals surface area contributed by atoms with Crippen LogP contribution in [0, 0.1) is 0 Å². The van der Waals surface area contributed by atoms with Gasteiger partial charge in [0.15, 0.2) is 0 Å². The van der Waals surface area contributed by atoms with E-state index in [0.29, 0.717) is 6.42 Å². The number of benzene rings is 1. The average molecular weight is 293 g/mol. The fourth-order valence-corrected chi connectivity index (χ4v) is 2.78. The maximum absolute atomic E-state index is 12.0. The lowest BCUT2D eigenvalue weighted by Crippen LogP contribution is -2.46. The van der Waals surface area contributed by atoms with Gasteiger partial charge in [-0.15, -0.1) is 0 Å². The molecule has 1 atom stereocenters. The Kier molecular flexibility index (Phi) is 5.43. The van der Waals surface area contributed by atoms with Crippen LogP contribution in [-0.2, 0) is 9.59 Å². The number of carbonyl (C=O) groups is 2. The maximum atomic E-state index is 12.0. The molecule has 1 aromatic carbocycles. The molecule has 3 N–H and O–H groups in total. The highest BCUT2D eigenvalue weighted by Gasteiger charge is 2.20. The van der Waals surface area contributed by atoms with Crippen molar-refractivity contribution in [2.24, 2.45) is 0 Å². The highest BCUT2D eigenvalue weighted by molar-refractivity contribution is 7.99. The van der Waals surface area contributed by atoms with Crippen molar-refractivity contribution in [3.05, 3.63) is 24.3 Å². The molecule has 1 fully saturated rings. The van der Waals surface area contributed by atoms with Crippen LogP contribution < -0.4 is 16.0 Å². The van der Waals surface area contributed by atoms with Crippen molar-refractivity contribution in [1.29, 1.82) is 0 Å². The van der Waals surface area contributed by atoms with Gasteiger partial charge in [0.25, 0.3) is 0 Å². The smallest absolute Gasteiger partial charge is 0.242 e. The summed E-state index contributed by atoms with van der Waals surface area (Å²) in [5.74, 6) is 1.82. The first kappa shape index (κ1) is 14.9. The molecule has 2 amide bonds. The molecule has 5 nitrogen and oxygen atoms in total. The van der Waals surface area contributed by atoms with Crippen LogP contribution in [0.1, 0.15) is 13.3 Å². The Labute approximate surface area is 122 Å². The predicted molar refractivity (Wildman–Crippen MR) is 83.1 cm³/mol. The summed E-state index contributed by atoms with van der Waals surface area (Å²) in [5.41, 5.74) is 1.48. The van der Waals surface area contributed by atoms with E-state index in [1.165, 1.54) is 0 Å². The Bertz CT molecular complexity index is 470. The van der Waals surface area contributed by atoms with E-state index in [2.05, 4.69) is 16.0 Å². The molecule has 6 heteroatoms. The number of anilines is 2. The molecular formula is C14H19N3O2S. The summed E-state index contributed by atoms with van der Waals surface area (Å²) >= 11 is 1.78. The molecule has 1 unspecified atom stereocenters. The Balaban J connectivity index is 1.89. The standard InChI is InChI=1S/C14H19N3O2S/c1-2-13(18)16-10-3-5-11(6-4-10)17-14(19)12-9-20-8-7-15-12/h3-6,12,15H,2,7-9H2,1H3,(H,16,18)(H,17,19). The molecule has 108 valence electrons. The third-order valence-electron chi connectivity index (χ3n) is 3.00. The van der Waals surface area contributed by atoms with Crippen LogP contribution in [0.4, 0.5) is 11.4 Å². The fourth-order valence-electron chi connectivity index (χ4n) is 1.85. The van der Waals surface area contributed by atoms with Gasteiger partial charge >= 0.3 is 0 Å². The third kappa shape index (κ3) is 4.25. The van der Waals surface area contributed by atoms with Gasteiger partial charge in [-0.1, -0.05) is 6.92 Å². The summed E-state index contributed by atoms with van der Waals surface area (Å²) in [6.45, 7) is 2.67. The summed E-state index contributed by atoms with van der Waals surface area (Å²) in [6, 6.07) is 7.02. The van der Waals surface area contributed by atoms with Crippen LogP contribution in [0.5, 0.6) is 0 Å². The van der Waals surface area contributed by atoms with Crippen LogP contribution in [0.25, 0.3) is 0 Å². The van der Waals surface area contributed by atoms with Crippen molar-refractivity contribution in [3.63, 3.8) is 0 Å². The quantitative estimate of drug-likeness (QED) is 0.790. The summed E-state index contributed by atoms with van der Waals surface area (Å²) in [7, 11) is 0. The Morgan fingerprint density at radius 2 is 1.90 bits per heavy atom. The van der Waals surface area contributed by atoms with Gasteiger partial charge < -0.3 is 16.0 Å². The number of thioether (sulfide) groups is 1. The van der Waals surface area contributed by atoms with Crippen molar-refractivity contribution in [2.75, 3.05) is 28.7 Å². The number of hydrogen-bond acceptors (Lipinski definition) is 4. The van der Waals surface area contributed by atoms with Crippen LogP contribution in [0.3, 0.4) is 0 Å².